The fourth-order valence-electron chi connectivity index (χ4n) is 3.77. The summed E-state index contributed by atoms with van der Waals surface area (Å²) in [5.74, 6) is 1.27. The van der Waals surface area contributed by atoms with Crippen LogP contribution in [0.2, 0.25) is 0 Å². The van der Waals surface area contributed by atoms with Gasteiger partial charge in [-0.3, -0.25) is 10.00 Å². The lowest BCUT2D eigenvalue weighted by atomic mass is 9.98. The molecule has 6 nitrogen and oxygen atoms in total. The first-order valence-electron chi connectivity index (χ1n) is 9.49. The van der Waals surface area contributed by atoms with Crippen molar-refractivity contribution in [2.24, 2.45) is 0 Å². The van der Waals surface area contributed by atoms with Gasteiger partial charge in [0, 0.05) is 43.3 Å². The maximum Gasteiger partial charge on any atom is 0.230 e. The molecule has 0 saturated heterocycles. The minimum atomic E-state index is 0.607. The van der Waals surface area contributed by atoms with E-state index < -0.39 is 0 Å². The van der Waals surface area contributed by atoms with Crippen LogP contribution >= 0.6 is 0 Å². The maximum absolute atomic E-state index is 5.54. The zero-order valence-corrected chi connectivity index (χ0v) is 15.7. The van der Waals surface area contributed by atoms with Gasteiger partial charge in [-0.25, -0.2) is 0 Å². The van der Waals surface area contributed by atoms with Crippen molar-refractivity contribution >= 4 is 0 Å². The highest BCUT2D eigenvalue weighted by molar-refractivity contribution is 5.70. The summed E-state index contributed by atoms with van der Waals surface area (Å²) < 4.78 is 5.54. The Kier molecular flexibility index (Phi) is 4.25. The highest BCUT2D eigenvalue weighted by Crippen LogP contribution is 2.30. The third-order valence-electron chi connectivity index (χ3n) is 5.20. The van der Waals surface area contributed by atoms with Gasteiger partial charge >= 0.3 is 0 Å². The summed E-state index contributed by atoms with van der Waals surface area (Å²) in [6, 6.07) is 19.0. The fraction of sp³-hybridized carbons (Fsp3) is 0.227. The molecule has 0 amide bonds. The lowest BCUT2D eigenvalue weighted by Crippen LogP contribution is -2.30. The van der Waals surface area contributed by atoms with Crippen molar-refractivity contribution in [2.45, 2.75) is 26.4 Å². The van der Waals surface area contributed by atoms with Gasteiger partial charge in [0.15, 0.2) is 0 Å². The number of hydrogen-bond donors (Lipinski definition) is 1. The molecule has 0 radical (unpaired) electrons. The van der Waals surface area contributed by atoms with Crippen molar-refractivity contribution in [2.75, 3.05) is 6.54 Å². The molecule has 0 unspecified atom stereocenters. The van der Waals surface area contributed by atoms with Crippen molar-refractivity contribution in [1.82, 2.24) is 25.3 Å². The van der Waals surface area contributed by atoms with E-state index in [-0.39, 0.29) is 0 Å². The van der Waals surface area contributed by atoms with E-state index in [0.717, 1.165) is 30.8 Å². The average molecular weight is 371 g/mol. The van der Waals surface area contributed by atoms with E-state index in [9.17, 15) is 0 Å². The van der Waals surface area contributed by atoms with Gasteiger partial charge in [0.25, 0.3) is 0 Å². The van der Waals surface area contributed by atoms with Gasteiger partial charge in [-0.15, -0.1) is 10.2 Å². The molecule has 0 fully saturated rings. The lowest BCUT2D eigenvalue weighted by molar-refractivity contribution is 0.219. The monoisotopic (exact) mass is 371 g/mol. The van der Waals surface area contributed by atoms with Crippen molar-refractivity contribution in [3.8, 4) is 22.4 Å². The van der Waals surface area contributed by atoms with Crippen LogP contribution in [0.1, 0.15) is 23.0 Å². The molecule has 1 aliphatic rings. The predicted molar refractivity (Wildman–Crippen MR) is 106 cm³/mol. The van der Waals surface area contributed by atoms with Crippen molar-refractivity contribution < 1.29 is 4.42 Å². The van der Waals surface area contributed by atoms with E-state index in [4.69, 9.17) is 4.42 Å². The second-order valence-corrected chi connectivity index (χ2v) is 7.15. The van der Waals surface area contributed by atoms with Gasteiger partial charge in [0.05, 0.1) is 12.2 Å². The van der Waals surface area contributed by atoms with E-state index >= 15 is 0 Å². The molecule has 0 bridgehead atoms. The summed E-state index contributed by atoms with van der Waals surface area (Å²) in [6.07, 6.45) is 0.942. The zero-order valence-electron chi connectivity index (χ0n) is 15.7. The van der Waals surface area contributed by atoms with E-state index in [1.807, 2.05) is 13.0 Å². The number of fused-ring (bicyclic) bond motifs is 1. The van der Waals surface area contributed by atoms with Gasteiger partial charge < -0.3 is 4.42 Å². The second-order valence-electron chi connectivity index (χ2n) is 7.15. The largest absolute Gasteiger partial charge is 0.424 e. The number of nitrogens with one attached hydrogen (secondary N) is 1. The van der Waals surface area contributed by atoms with Crippen LogP contribution in [-0.4, -0.2) is 31.8 Å². The molecule has 0 saturated carbocycles. The third kappa shape index (κ3) is 3.23. The average Bonchev–Trinajstić information content (AvgIpc) is 3.34. The number of aromatic nitrogens is 4. The van der Waals surface area contributed by atoms with Crippen LogP contribution in [0.4, 0.5) is 0 Å². The Hall–Kier alpha value is -3.25. The van der Waals surface area contributed by atoms with Crippen LogP contribution in [-0.2, 0) is 19.5 Å². The summed E-state index contributed by atoms with van der Waals surface area (Å²) >= 11 is 0. The molecule has 140 valence electrons. The summed E-state index contributed by atoms with van der Waals surface area (Å²) in [6.45, 7) is 4.25. The SMILES string of the molecule is Cc1nnc(CN2CCc3[nH]nc(-c4ccc(-c5ccccc5)cc4)c3C2)o1. The number of aryl methyl sites for hydroxylation is 1. The number of nitrogens with zero attached hydrogens (tertiary/aromatic N) is 4. The molecule has 0 spiro atoms. The molecule has 0 aliphatic carbocycles. The van der Waals surface area contributed by atoms with E-state index in [2.05, 4.69) is 73.8 Å². The van der Waals surface area contributed by atoms with Crippen LogP contribution in [0.3, 0.4) is 0 Å². The Balaban J connectivity index is 1.38. The van der Waals surface area contributed by atoms with Crippen molar-refractivity contribution in [1.29, 1.82) is 0 Å². The first-order valence-corrected chi connectivity index (χ1v) is 9.49. The smallest absolute Gasteiger partial charge is 0.230 e. The van der Waals surface area contributed by atoms with Crippen LogP contribution in [0.15, 0.2) is 59.0 Å². The molecular weight excluding hydrogens is 350 g/mol. The van der Waals surface area contributed by atoms with E-state index in [0.29, 0.717) is 18.3 Å². The molecule has 6 heteroatoms. The minimum absolute atomic E-state index is 0.607. The quantitative estimate of drug-likeness (QED) is 0.587. The van der Waals surface area contributed by atoms with Crippen molar-refractivity contribution in [3.05, 3.63) is 77.6 Å². The molecule has 2 aromatic heterocycles. The van der Waals surface area contributed by atoms with E-state index in [1.54, 1.807) is 0 Å². The zero-order chi connectivity index (χ0) is 18.9. The lowest BCUT2D eigenvalue weighted by Gasteiger charge is -2.25. The predicted octanol–water partition coefficient (Wildman–Crippen LogP) is 3.99. The van der Waals surface area contributed by atoms with Crippen LogP contribution in [0.25, 0.3) is 22.4 Å². The Labute approximate surface area is 163 Å². The van der Waals surface area contributed by atoms with Crippen LogP contribution in [0, 0.1) is 6.92 Å². The highest BCUT2D eigenvalue weighted by atomic mass is 16.4. The first-order chi connectivity index (χ1) is 13.8. The Bertz CT molecular complexity index is 1080. The standard InChI is InChI=1S/C22H21N5O/c1-15-23-25-21(28-15)14-27-12-11-20-19(13-27)22(26-24-20)18-9-7-17(8-10-18)16-5-3-2-4-6-16/h2-10H,11-14H2,1H3,(H,24,26). The molecular formula is C22H21N5O. The number of aromatic amines is 1. The fourth-order valence-corrected chi connectivity index (χ4v) is 3.77. The molecule has 3 heterocycles. The van der Waals surface area contributed by atoms with Gasteiger partial charge in [0.1, 0.15) is 0 Å². The Morgan fingerprint density at radius 1 is 0.964 bits per heavy atom. The van der Waals surface area contributed by atoms with Crippen LogP contribution < -0.4 is 0 Å². The summed E-state index contributed by atoms with van der Waals surface area (Å²) in [7, 11) is 0. The summed E-state index contributed by atoms with van der Waals surface area (Å²) in [5.41, 5.74) is 7.07. The first kappa shape index (κ1) is 16.9. The molecule has 5 rings (SSSR count). The second kappa shape index (κ2) is 7.05. The Morgan fingerprint density at radius 3 is 2.46 bits per heavy atom. The molecule has 0 atom stereocenters. The number of hydrogen-bond acceptors (Lipinski definition) is 5. The van der Waals surface area contributed by atoms with Gasteiger partial charge in [-0.05, 0) is 11.1 Å². The Morgan fingerprint density at radius 2 is 1.71 bits per heavy atom. The summed E-state index contributed by atoms with van der Waals surface area (Å²) in [5, 5.41) is 15.9. The molecule has 4 aromatic rings. The summed E-state index contributed by atoms with van der Waals surface area (Å²) in [4.78, 5) is 2.33. The van der Waals surface area contributed by atoms with Crippen molar-refractivity contribution in [3.63, 3.8) is 0 Å². The topological polar surface area (TPSA) is 70.8 Å². The molecule has 28 heavy (non-hydrogen) atoms. The molecule has 1 N–H and O–H groups in total. The highest BCUT2D eigenvalue weighted by Gasteiger charge is 2.24. The van der Waals surface area contributed by atoms with E-state index in [1.165, 1.54) is 22.4 Å². The molecule has 1 aliphatic heterocycles. The van der Waals surface area contributed by atoms with Gasteiger partial charge in [-0.2, -0.15) is 5.10 Å². The maximum atomic E-state index is 5.54. The molecule has 2 aromatic carbocycles. The number of H-pyrrole nitrogens is 1. The normalized spacial score (nSPS) is 14.2. The third-order valence-corrected chi connectivity index (χ3v) is 5.20. The number of benzene rings is 2. The van der Waals surface area contributed by atoms with Gasteiger partial charge in [0.2, 0.25) is 11.8 Å². The minimum Gasteiger partial charge on any atom is -0.424 e. The van der Waals surface area contributed by atoms with Gasteiger partial charge in [-0.1, -0.05) is 54.6 Å². The number of rotatable bonds is 4. The van der Waals surface area contributed by atoms with Crippen LogP contribution in [0.5, 0.6) is 0 Å².